The minimum atomic E-state index is -0.452. The second kappa shape index (κ2) is 9.88. The fraction of sp³-hybridized carbons (Fsp3) is 0.0870. The second-order valence-corrected chi connectivity index (χ2v) is 6.10. The smallest absolute Gasteiger partial charge is 0.343 e. The molecular formula is C23H20N2O5. The van der Waals surface area contributed by atoms with Gasteiger partial charge in [0.1, 0.15) is 5.75 Å². The van der Waals surface area contributed by atoms with Crippen LogP contribution in [0.4, 0.5) is 0 Å². The summed E-state index contributed by atoms with van der Waals surface area (Å²) in [5, 5.41) is 3.96. The van der Waals surface area contributed by atoms with Crippen molar-refractivity contribution < 1.29 is 23.8 Å². The molecule has 0 bridgehead atoms. The first kappa shape index (κ1) is 20.6. The van der Waals surface area contributed by atoms with Crippen LogP contribution in [0, 0.1) is 0 Å². The first-order chi connectivity index (χ1) is 14.6. The number of rotatable bonds is 7. The largest absolute Gasteiger partial charge is 0.493 e. The zero-order chi connectivity index (χ0) is 21.3. The number of carbonyl (C=O) groups excluding carboxylic acids is 2. The molecule has 0 heterocycles. The van der Waals surface area contributed by atoms with Gasteiger partial charge in [0.2, 0.25) is 0 Å². The van der Waals surface area contributed by atoms with E-state index in [1.807, 2.05) is 6.07 Å². The normalized spacial score (nSPS) is 10.5. The lowest BCUT2D eigenvalue weighted by Gasteiger charge is -2.08. The minimum absolute atomic E-state index is 0.371. The summed E-state index contributed by atoms with van der Waals surface area (Å²) in [5.41, 5.74) is 3.93. The molecular weight excluding hydrogens is 384 g/mol. The molecule has 152 valence electrons. The molecule has 3 aromatic carbocycles. The predicted molar refractivity (Wildman–Crippen MR) is 112 cm³/mol. The standard InChI is InChI=1S/C23H20N2O5/c1-28-20-12-11-18(14-21(20)29-2)22(26)25-24-15-16-7-6-10-19(13-16)30-23(27)17-8-4-3-5-9-17/h3-15H,1-2H3,(H,25,26). The van der Waals surface area contributed by atoms with Gasteiger partial charge in [0.25, 0.3) is 5.91 Å². The molecule has 7 nitrogen and oxygen atoms in total. The van der Waals surface area contributed by atoms with Gasteiger partial charge in [-0.2, -0.15) is 5.10 Å². The van der Waals surface area contributed by atoms with E-state index in [0.717, 1.165) is 0 Å². The monoisotopic (exact) mass is 404 g/mol. The van der Waals surface area contributed by atoms with E-state index in [9.17, 15) is 9.59 Å². The molecule has 0 aliphatic carbocycles. The Morgan fingerprint density at radius 2 is 1.60 bits per heavy atom. The van der Waals surface area contributed by atoms with Gasteiger partial charge in [0.05, 0.1) is 26.0 Å². The highest BCUT2D eigenvalue weighted by Crippen LogP contribution is 2.27. The quantitative estimate of drug-likeness (QED) is 0.281. The van der Waals surface area contributed by atoms with Gasteiger partial charge in [-0.15, -0.1) is 0 Å². The maximum absolute atomic E-state index is 12.3. The summed E-state index contributed by atoms with van der Waals surface area (Å²) in [6.07, 6.45) is 1.46. The number of nitrogens with one attached hydrogen (secondary N) is 1. The summed E-state index contributed by atoms with van der Waals surface area (Å²) in [6, 6.07) is 20.3. The summed E-state index contributed by atoms with van der Waals surface area (Å²) >= 11 is 0. The van der Waals surface area contributed by atoms with Crippen LogP contribution in [0.15, 0.2) is 77.9 Å². The molecule has 1 N–H and O–H groups in total. The Bertz CT molecular complexity index is 1060. The number of benzene rings is 3. The number of hydrogen-bond acceptors (Lipinski definition) is 6. The van der Waals surface area contributed by atoms with Crippen molar-refractivity contribution in [3.63, 3.8) is 0 Å². The number of ether oxygens (including phenoxy) is 3. The topological polar surface area (TPSA) is 86.2 Å². The van der Waals surface area contributed by atoms with Crippen molar-refractivity contribution in [1.82, 2.24) is 5.43 Å². The van der Waals surface area contributed by atoms with Gasteiger partial charge >= 0.3 is 5.97 Å². The molecule has 0 aromatic heterocycles. The number of esters is 1. The van der Waals surface area contributed by atoms with Gasteiger partial charge < -0.3 is 14.2 Å². The molecule has 3 rings (SSSR count). The predicted octanol–water partition coefficient (Wildman–Crippen LogP) is 3.69. The van der Waals surface area contributed by atoms with Crippen LogP contribution in [-0.2, 0) is 0 Å². The lowest BCUT2D eigenvalue weighted by Crippen LogP contribution is -2.17. The Balaban J connectivity index is 1.63. The van der Waals surface area contributed by atoms with Crippen LogP contribution in [0.1, 0.15) is 26.3 Å². The molecule has 0 atom stereocenters. The number of nitrogens with zero attached hydrogens (tertiary/aromatic N) is 1. The fourth-order valence-electron chi connectivity index (χ4n) is 2.61. The van der Waals surface area contributed by atoms with Crippen LogP contribution < -0.4 is 19.6 Å². The van der Waals surface area contributed by atoms with E-state index in [1.54, 1.807) is 66.7 Å². The second-order valence-electron chi connectivity index (χ2n) is 6.10. The van der Waals surface area contributed by atoms with Gasteiger partial charge in [-0.05, 0) is 48.0 Å². The van der Waals surface area contributed by atoms with Crippen molar-refractivity contribution in [2.45, 2.75) is 0 Å². The third kappa shape index (κ3) is 5.23. The van der Waals surface area contributed by atoms with E-state index in [2.05, 4.69) is 10.5 Å². The molecule has 0 saturated carbocycles. The molecule has 0 fully saturated rings. The molecule has 0 aliphatic heterocycles. The average Bonchev–Trinajstić information content (AvgIpc) is 2.79. The van der Waals surface area contributed by atoms with E-state index in [0.29, 0.717) is 33.9 Å². The lowest BCUT2D eigenvalue weighted by atomic mass is 10.2. The Morgan fingerprint density at radius 3 is 2.33 bits per heavy atom. The Morgan fingerprint density at radius 1 is 0.833 bits per heavy atom. The van der Waals surface area contributed by atoms with E-state index in [1.165, 1.54) is 20.4 Å². The first-order valence-electron chi connectivity index (χ1n) is 9.03. The van der Waals surface area contributed by atoms with Gasteiger partial charge in [-0.25, -0.2) is 10.2 Å². The van der Waals surface area contributed by atoms with E-state index >= 15 is 0 Å². The van der Waals surface area contributed by atoms with Crippen molar-refractivity contribution in [3.8, 4) is 17.2 Å². The third-order valence-electron chi connectivity index (χ3n) is 4.10. The highest BCUT2D eigenvalue weighted by atomic mass is 16.5. The summed E-state index contributed by atoms with van der Waals surface area (Å²) in [4.78, 5) is 24.4. The first-order valence-corrected chi connectivity index (χ1v) is 9.03. The van der Waals surface area contributed by atoms with Crippen LogP contribution in [0.2, 0.25) is 0 Å². The van der Waals surface area contributed by atoms with Gasteiger partial charge in [0.15, 0.2) is 11.5 Å². The van der Waals surface area contributed by atoms with Gasteiger partial charge in [-0.1, -0.05) is 30.3 Å². The van der Waals surface area contributed by atoms with Crippen LogP contribution in [0.25, 0.3) is 0 Å². The number of methoxy groups -OCH3 is 2. The maximum Gasteiger partial charge on any atom is 0.343 e. The number of carbonyl (C=O) groups is 2. The lowest BCUT2D eigenvalue weighted by molar-refractivity contribution is 0.0734. The zero-order valence-corrected chi connectivity index (χ0v) is 16.5. The average molecular weight is 404 g/mol. The summed E-state index contributed by atoms with van der Waals surface area (Å²) in [6.45, 7) is 0. The van der Waals surface area contributed by atoms with Crippen molar-refractivity contribution in [2.75, 3.05) is 14.2 Å². The molecule has 0 unspecified atom stereocenters. The number of amides is 1. The summed E-state index contributed by atoms with van der Waals surface area (Å²) < 4.78 is 15.7. The van der Waals surface area contributed by atoms with Crippen molar-refractivity contribution >= 4 is 18.1 Å². The van der Waals surface area contributed by atoms with E-state index < -0.39 is 11.9 Å². The Hall–Kier alpha value is -4.13. The van der Waals surface area contributed by atoms with Crippen molar-refractivity contribution in [1.29, 1.82) is 0 Å². The SMILES string of the molecule is COc1ccc(C(=O)NN=Cc2cccc(OC(=O)c3ccccc3)c2)cc1OC. The molecule has 3 aromatic rings. The van der Waals surface area contributed by atoms with Gasteiger partial charge in [-0.3, -0.25) is 4.79 Å². The minimum Gasteiger partial charge on any atom is -0.493 e. The third-order valence-corrected chi connectivity index (χ3v) is 4.10. The summed E-state index contributed by atoms with van der Waals surface area (Å²) in [7, 11) is 3.02. The molecule has 0 radical (unpaired) electrons. The van der Waals surface area contributed by atoms with Crippen LogP contribution >= 0.6 is 0 Å². The maximum atomic E-state index is 12.3. The van der Waals surface area contributed by atoms with Gasteiger partial charge in [0, 0.05) is 5.56 Å². The van der Waals surface area contributed by atoms with Crippen LogP contribution in [-0.4, -0.2) is 32.3 Å². The van der Waals surface area contributed by atoms with E-state index in [4.69, 9.17) is 14.2 Å². The molecule has 0 aliphatic rings. The summed E-state index contributed by atoms with van der Waals surface area (Å²) in [5.74, 6) is 0.491. The molecule has 7 heteroatoms. The highest BCUT2D eigenvalue weighted by Gasteiger charge is 2.10. The fourth-order valence-corrected chi connectivity index (χ4v) is 2.61. The van der Waals surface area contributed by atoms with E-state index in [-0.39, 0.29) is 0 Å². The number of hydrogen-bond donors (Lipinski definition) is 1. The highest BCUT2D eigenvalue weighted by molar-refractivity contribution is 5.95. The molecule has 30 heavy (non-hydrogen) atoms. The van der Waals surface area contributed by atoms with Crippen LogP contribution in [0.5, 0.6) is 17.2 Å². The molecule has 1 amide bonds. The number of hydrazone groups is 1. The Kier molecular flexibility index (Phi) is 6.78. The zero-order valence-electron chi connectivity index (χ0n) is 16.5. The van der Waals surface area contributed by atoms with Crippen LogP contribution in [0.3, 0.4) is 0 Å². The van der Waals surface area contributed by atoms with Crippen molar-refractivity contribution in [3.05, 3.63) is 89.5 Å². The Labute approximate surface area is 173 Å². The molecule has 0 spiro atoms. The molecule has 0 saturated heterocycles. The van der Waals surface area contributed by atoms with Crippen molar-refractivity contribution in [2.24, 2.45) is 5.10 Å².